The lowest BCUT2D eigenvalue weighted by molar-refractivity contribution is 0.0958. The van der Waals surface area contributed by atoms with Crippen LogP contribution in [0, 0.1) is 0 Å². The van der Waals surface area contributed by atoms with Crippen molar-refractivity contribution >= 4 is 22.6 Å². The van der Waals surface area contributed by atoms with E-state index in [2.05, 4.69) is 38.8 Å². The number of ether oxygens (including phenoxy) is 1. The number of amides is 1. The highest BCUT2D eigenvalue weighted by Crippen LogP contribution is 2.28. The highest BCUT2D eigenvalue weighted by molar-refractivity contribution is 5.92. The van der Waals surface area contributed by atoms with Crippen molar-refractivity contribution < 1.29 is 9.53 Å². The summed E-state index contributed by atoms with van der Waals surface area (Å²) in [7, 11) is 1.58. The summed E-state index contributed by atoms with van der Waals surface area (Å²) in [6.45, 7) is 0. The van der Waals surface area contributed by atoms with Gasteiger partial charge in [0.2, 0.25) is 0 Å². The van der Waals surface area contributed by atoms with Gasteiger partial charge in [0, 0.05) is 36.8 Å². The first-order valence-electron chi connectivity index (χ1n) is 9.11. The number of pyridine rings is 1. The Labute approximate surface area is 157 Å². The van der Waals surface area contributed by atoms with E-state index in [4.69, 9.17) is 4.74 Å². The largest absolute Gasteiger partial charge is 0.457 e. The predicted octanol–water partition coefficient (Wildman–Crippen LogP) is 4.24. The zero-order valence-electron chi connectivity index (χ0n) is 15.2. The van der Waals surface area contributed by atoms with Crippen LogP contribution in [0.3, 0.4) is 0 Å². The van der Waals surface area contributed by atoms with E-state index in [1.807, 2.05) is 18.2 Å². The van der Waals surface area contributed by atoms with E-state index in [0.717, 1.165) is 36.0 Å². The molecule has 1 amide bonds. The summed E-state index contributed by atoms with van der Waals surface area (Å²) in [5, 5.41) is 7.25. The second-order valence-corrected chi connectivity index (χ2v) is 6.62. The van der Waals surface area contributed by atoms with Gasteiger partial charge in [0.25, 0.3) is 5.91 Å². The first-order valence-corrected chi connectivity index (χ1v) is 9.11. The van der Waals surface area contributed by atoms with Gasteiger partial charge < -0.3 is 20.4 Å². The minimum absolute atomic E-state index is 0.242. The van der Waals surface area contributed by atoms with Crippen LogP contribution in [0.2, 0.25) is 0 Å². The Morgan fingerprint density at radius 3 is 2.89 bits per heavy atom. The van der Waals surface area contributed by atoms with Crippen molar-refractivity contribution in [2.45, 2.75) is 25.3 Å². The molecule has 1 aliphatic carbocycles. The number of fused-ring (bicyclic) bond motifs is 1. The van der Waals surface area contributed by atoms with Gasteiger partial charge in [0.05, 0.1) is 5.52 Å². The summed E-state index contributed by atoms with van der Waals surface area (Å²) >= 11 is 0. The number of nitrogens with one attached hydrogen (secondary N) is 3. The van der Waals surface area contributed by atoms with Gasteiger partial charge in [0.1, 0.15) is 23.0 Å². The van der Waals surface area contributed by atoms with Crippen LogP contribution in [-0.2, 0) is 0 Å². The smallest absolute Gasteiger partial charge is 0.269 e. The maximum atomic E-state index is 11.7. The van der Waals surface area contributed by atoms with E-state index in [-0.39, 0.29) is 5.91 Å². The number of anilines is 1. The van der Waals surface area contributed by atoms with Crippen LogP contribution in [-0.4, -0.2) is 29.0 Å². The van der Waals surface area contributed by atoms with Gasteiger partial charge in [-0.05, 0) is 43.5 Å². The molecule has 4 rings (SSSR count). The number of nitrogens with zero attached hydrogens (tertiary/aromatic N) is 1. The van der Waals surface area contributed by atoms with Crippen molar-refractivity contribution in [2.75, 3.05) is 12.4 Å². The molecule has 0 spiro atoms. The van der Waals surface area contributed by atoms with E-state index in [0.29, 0.717) is 23.2 Å². The maximum Gasteiger partial charge on any atom is 0.269 e. The van der Waals surface area contributed by atoms with Crippen LogP contribution in [0.15, 0.2) is 54.7 Å². The zero-order valence-corrected chi connectivity index (χ0v) is 15.2. The van der Waals surface area contributed by atoms with Crippen molar-refractivity contribution in [2.24, 2.45) is 0 Å². The van der Waals surface area contributed by atoms with E-state index in [1.165, 1.54) is 0 Å². The molecular weight excluding hydrogens is 340 g/mol. The van der Waals surface area contributed by atoms with Gasteiger partial charge in [0.15, 0.2) is 0 Å². The fourth-order valence-electron chi connectivity index (χ4n) is 3.26. The third-order valence-electron chi connectivity index (χ3n) is 4.65. The quantitative estimate of drug-likeness (QED) is 0.593. The number of rotatable bonds is 5. The van der Waals surface area contributed by atoms with Gasteiger partial charge in [-0.25, -0.2) is 0 Å². The van der Waals surface area contributed by atoms with E-state index in [1.54, 1.807) is 25.4 Å². The Morgan fingerprint density at radius 2 is 2.07 bits per heavy atom. The third kappa shape index (κ3) is 3.95. The van der Waals surface area contributed by atoms with Crippen LogP contribution in [0.5, 0.6) is 11.5 Å². The molecule has 1 aliphatic rings. The molecule has 3 N–H and O–H groups in total. The van der Waals surface area contributed by atoms with Crippen LogP contribution in [0.25, 0.3) is 10.9 Å². The van der Waals surface area contributed by atoms with Crippen molar-refractivity contribution in [3.05, 3.63) is 60.4 Å². The average Bonchev–Trinajstić information content (AvgIpc) is 3.10. The first-order chi connectivity index (χ1) is 13.2. The summed E-state index contributed by atoms with van der Waals surface area (Å²) in [5.41, 5.74) is 1.32. The fourth-order valence-corrected chi connectivity index (χ4v) is 3.26. The molecule has 1 atom stereocenters. The number of aromatic nitrogens is 2. The Balaban J connectivity index is 1.51. The second-order valence-electron chi connectivity index (χ2n) is 6.62. The maximum absolute atomic E-state index is 11.7. The van der Waals surface area contributed by atoms with Crippen LogP contribution < -0.4 is 15.4 Å². The monoisotopic (exact) mass is 362 g/mol. The highest BCUT2D eigenvalue weighted by Gasteiger charge is 2.11. The summed E-state index contributed by atoms with van der Waals surface area (Å²) < 4.78 is 5.91. The van der Waals surface area contributed by atoms with Crippen LogP contribution >= 0.6 is 0 Å². The Bertz CT molecular complexity index is 993. The van der Waals surface area contributed by atoms with Crippen LogP contribution in [0.1, 0.15) is 29.8 Å². The Kier molecular flexibility index (Phi) is 4.78. The number of aromatic amines is 1. The van der Waals surface area contributed by atoms with E-state index < -0.39 is 0 Å². The average molecular weight is 362 g/mol. The lowest BCUT2D eigenvalue weighted by atomic mass is 10.0. The summed E-state index contributed by atoms with van der Waals surface area (Å²) in [4.78, 5) is 19.2. The fraction of sp³-hybridized carbons (Fsp3) is 0.238. The minimum atomic E-state index is -0.242. The molecule has 2 heterocycles. The molecule has 0 radical (unpaired) electrons. The van der Waals surface area contributed by atoms with Crippen molar-refractivity contribution in [3.63, 3.8) is 0 Å². The molecule has 0 aliphatic heterocycles. The summed E-state index contributed by atoms with van der Waals surface area (Å²) in [6.07, 6.45) is 9.36. The summed E-state index contributed by atoms with van der Waals surface area (Å²) in [5.74, 6) is 2.05. The first kappa shape index (κ1) is 17.1. The van der Waals surface area contributed by atoms with Gasteiger partial charge in [-0.1, -0.05) is 12.2 Å². The molecule has 0 fully saturated rings. The molecule has 1 aromatic carbocycles. The van der Waals surface area contributed by atoms with E-state index in [9.17, 15) is 4.79 Å². The molecule has 0 saturated heterocycles. The van der Waals surface area contributed by atoms with Crippen molar-refractivity contribution in [1.29, 1.82) is 0 Å². The predicted molar refractivity (Wildman–Crippen MR) is 106 cm³/mol. The molecule has 3 aromatic rings. The summed E-state index contributed by atoms with van der Waals surface area (Å²) in [6, 6.07) is 11.8. The third-order valence-corrected chi connectivity index (χ3v) is 4.65. The van der Waals surface area contributed by atoms with Gasteiger partial charge in [-0.15, -0.1) is 0 Å². The van der Waals surface area contributed by atoms with Crippen molar-refractivity contribution in [1.82, 2.24) is 15.3 Å². The van der Waals surface area contributed by atoms with Crippen LogP contribution in [0.4, 0.5) is 5.82 Å². The number of hydrogen-bond acceptors (Lipinski definition) is 4. The number of benzene rings is 1. The number of allylic oxidation sites excluding steroid dienone is 1. The zero-order chi connectivity index (χ0) is 18.6. The SMILES string of the molecule is CNC(=O)c1cc(Oc2ccc3cc(NC4CC=CCC4)[nH]c3c2)ccn1. The molecule has 6 heteroatoms. The molecule has 138 valence electrons. The lowest BCUT2D eigenvalue weighted by Crippen LogP contribution is -2.20. The van der Waals surface area contributed by atoms with Gasteiger partial charge in [-0.3, -0.25) is 9.78 Å². The number of H-pyrrole nitrogens is 1. The molecule has 27 heavy (non-hydrogen) atoms. The number of carbonyl (C=O) groups is 1. The number of hydrogen-bond donors (Lipinski definition) is 3. The Hall–Kier alpha value is -3.28. The molecule has 6 nitrogen and oxygen atoms in total. The van der Waals surface area contributed by atoms with E-state index >= 15 is 0 Å². The highest BCUT2D eigenvalue weighted by atomic mass is 16.5. The molecular formula is C21H22N4O2. The topological polar surface area (TPSA) is 79.0 Å². The Morgan fingerprint density at radius 1 is 1.19 bits per heavy atom. The molecule has 0 bridgehead atoms. The normalized spacial score (nSPS) is 16.3. The molecule has 0 saturated carbocycles. The molecule has 2 aromatic heterocycles. The standard InChI is InChI=1S/C21H22N4O2/c1-22-21(26)19-13-17(9-10-23-19)27-16-8-7-14-11-20(25-18(14)12-16)24-15-5-3-2-4-6-15/h2-3,7-13,15,24-25H,4-6H2,1H3,(H,22,26). The van der Waals surface area contributed by atoms with Crippen molar-refractivity contribution in [3.8, 4) is 11.5 Å². The minimum Gasteiger partial charge on any atom is -0.457 e. The molecule has 1 unspecified atom stereocenters. The second kappa shape index (κ2) is 7.53. The van der Waals surface area contributed by atoms with Gasteiger partial charge >= 0.3 is 0 Å². The van der Waals surface area contributed by atoms with Gasteiger partial charge in [-0.2, -0.15) is 0 Å². The number of carbonyl (C=O) groups excluding carboxylic acids is 1. The lowest BCUT2D eigenvalue weighted by Gasteiger charge is -2.19.